The third-order valence-corrected chi connectivity index (χ3v) is 4.65. The highest BCUT2D eigenvalue weighted by Gasteiger charge is 2.25. The van der Waals surface area contributed by atoms with Crippen LogP contribution in [0.25, 0.3) is 11.3 Å². The number of aromatic nitrogens is 1. The number of nitriles is 1. The molecule has 0 aliphatic heterocycles. The number of furan rings is 1. The number of carbonyl (C=O) groups is 1. The van der Waals surface area contributed by atoms with Gasteiger partial charge in [0.1, 0.15) is 16.9 Å². The molecule has 0 saturated heterocycles. The molecule has 0 aromatic carbocycles. The van der Waals surface area contributed by atoms with Gasteiger partial charge in [0.25, 0.3) is 0 Å². The number of carbonyl (C=O) groups excluding carboxylic acids is 1. The molecule has 0 saturated carbocycles. The van der Waals surface area contributed by atoms with Crippen LogP contribution < -0.4 is 0 Å². The van der Waals surface area contributed by atoms with E-state index in [0.29, 0.717) is 23.0 Å². The SMILES string of the molecule is CCOC(=O)CSc1nc2c(c(-c3ccco3)c1C#N)CCC2. The lowest BCUT2D eigenvalue weighted by molar-refractivity contribution is -0.139. The molecule has 2 aromatic rings. The van der Waals surface area contributed by atoms with E-state index in [1.807, 2.05) is 12.1 Å². The van der Waals surface area contributed by atoms with E-state index in [9.17, 15) is 10.1 Å². The highest BCUT2D eigenvalue weighted by molar-refractivity contribution is 7.99. The fourth-order valence-electron chi connectivity index (χ4n) is 2.79. The largest absolute Gasteiger partial charge is 0.465 e. The minimum atomic E-state index is -0.303. The van der Waals surface area contributed by atoms with E-state index in [0.717, 1.165) is 36.1 Å². The van der Waals surface area contributed by atoms with Gasteiger partial charge in [-0.1, -0.05) is 11.8 Å². The summed E-state index contributed by atoms with van der Waals surface area (Å²) in [6, 6.07) is 5.91. The average Bonchev–Trinajstić information content (AvgIpc) is 3.22. The van der Waals surface area contributed by atoms with Gasteiger partial charge in [-0.15, -0.1) is 0 Å². The number of hydrogen-bond acceptors (Lipinski definition) is 6. The highest BCUT2D eigenvalue weighted by Crippen LogP contribution is 2.38. The minimum absolute atomic E-state index is 0.145. The first-order valence-electron chi connectivity index (χ1n) is 7.52. The van der Waals surface area contributed by atoms with Crippen molar-refractivity contribution in [2.75, 3.05) is 12.4 Å². The van der Waals surface area contributed by atoms with Crippen molar-refractivity contribution in [1.29, 1.82) is 5.26 Å². The highest BCUT2D eigenvalue weighted by atomic mass is 32.2. The summed E-state index contributed by atoms with van der Waals surface area (Å²) in [7, 11) is 0. The van der Waals surface area contributed by atoms with Crippen LogP contribution in [0.3, 0.4) is 0 Å². The van der Waals surface area contributed by atoms with Crippen molar-refractivity contribution in [2.24, 2.45) is 0 Å². The first kappa shape index (κ1) is 15.6. The lowest BCUT2D eigenvalue weighted by atomic mass is 10.0. The van der Waals surface area contributed by atoms with Crippen LogP contribution >= 0.6 is 11.8 Å². The Kier molecular flexibility index (Phi) is 4.68. The van der Waals surface area contributed by atoms with E-state index in [2.05, 4.69) is 11.1 Å². The molecule has 1 aliphatic carbocycles. The molecule has 0 atom stereocenters. The van der Waals surface area contributed by atoms with Gasteiger partial charge in [0.05, 0.1) is 24.2 Å². The predicted molar refractivity (Wildman–Crippen MR) is 86.0 cm³/mol. The van der Waals surface area contributed by atoms with Gasteiger partial charge in [-0.05, 0) is 43.9 Å². The van der Waals surface area contributed by atoms with Crippen LogP contribution in [0.5, 0.6) is 0 Å². The molecule has 2 heterocycles. The summed E-state index contributed by atoms with van der Waals surface area (Å²) in [4.78, 5) is 16.2. The number of aryl methyl sites for hydroxylation is 1. The Labute approximate surface area is 138 Å². The summed E-state index contributed by atoms with van der Waals surface area (Å²) in [6.45, 7) is 2.12. The zero-order valence-corrected chi connectivity index (χ0v) is 13.6. The van der Waals surface area contributed by atoms with Crippen molar-refractivity contribution in [1.82, 2.24) is 4.98 Å². The first-order valence-corrected chi connectivity index (χ1v) is 8.51. The Balaban J connectivity index is 2.02. The first-order chi connectivity index (χ1) is 11.2. The van der Waals surface area contributed by atoms with Crippen LogP contribution in [0.2, 0.25) is 0 Å². The summed E-state index contributed by atoms with van der Waals surface area (Å²) in [6.07, 6.45) is 4.41. The van der Waals surface area contributed by atoms with E-state index >= 15 is 0 Å². The van der Waals surface area contributed by atoms with Crippen LogP contribution in [0.1, 0.15) is 30.2 Å². The van der Waals surface area contributed by atoms with Gasteiger partial charge in [0.15, 0.2) is 0 Å². The third-order valence-electron chi connectivity index (χ3n) is 3.70. The fraction of sp³-hybridized carbons (Fsp3) is 0.353. The summed E-state index contributed by atoms with van der Waals surface area (Å²) in [5.74, 6) is 0.523. The molecule has 0 N–H and O–H groups in total. The van der Waals surface area contributed by atoms with Gasteiger partial charge in [-0.25, -0.2) is 4.98 Å². The van der Waals surface area contributed by atoms with Crippen LogP contribution in [0, 0.1) is 11.3 Å². The molecule has 1 aliphatic rings. The molecule has 0 bridgehead atoms. The number of esters is 1. The second-order valence-corrected chi connectivity index (χ2v) is 6.09. The van der Waals surface area contributed by atoms with Crippen molar-refractivity contribution in [3.8, 4) is 17.4 Å². The maximum Gasteiger partial charge on any atom is 0.316 e. The van der Waals surface area contributed by atoms with Crippen molar-refractivity contribution in [2.45, 2.75) is 31.2 Å². The molecule has 5 nitrogen and oxygen atoms in total. The number of rotatable bonds is 5. The van der Waals surface area contributed by atoms with E-state index in [-0.39, 0.29) is 11.7 Å². The molecule has 6 heteroatoms. The average molecular weight is 328 g/mol. The fourth-order valence-corrected chi connectivity index (χ4v) is 3.59. The number of fused-ring (bicyclic) bond motifs is 1. The molecule has 0 amide bonds. The lowest BCUT2D eigenvalue weighted by Gasteiger charge is -2.12. The molecular weight excluding hydrogens is 312 g/mol. The summed E-state index contributed by atoms with van der Waals surface area (Å²) < 4.78 is 10.5. The molecule has 3 rings (SSSR count). The van der Waals surface area contributed by atoms with Gasteiger partial charge in [-0.2, -0.15) is 5.26 Å². The Morgan fingerprint density at radius 1 is 1.52 bits per heavy atom. The van der Waals surface area contributed by atoms with E-state index in [4.69, 9.17) is 9.15 Å². The summed E-state index contributed by atoms with van der Waals surface area (Å²) in [5.41, 5.74) is 3.40. The summed E-state index contributed by atoms with van der Waals surface area (Å²) in [5, 5.41) is 10.2. The smallest absolute Gasteiger partial charge is 0.316 e. The number of hydrogen-bond donors (Lipinski definition) is 0. The topological polar surface area (TPSA) is 76.1 Å². The molecule has 0 spiro atoms. The van der Waals surface area contributed by atoms with Crippen LogP contribution in [-0.2, 0) is 22.4 Å². The van der Waals surface area contributed by atoms with E-state index < -0.39 is 0 Å². The Morgan fingerprint density at radius 2 is 2.39 bits per heavy atom. The van der Waals surface area contributed by atoms with Gasteiger partial charge >= 0.3 is 5.97 Å². The normalized spacial score (nSPS) is 12.7. The second kappa shape index (κ2) is 6.88. The Hall–Kier alpha value is -2.26. The minimum Gasteiger partial charge on any atom is -0.465 e. The zero-order valence-electron chi connectivity index (χ0n) is 12.8. The Morgan fingerprint density at radius 3 is 3.09 bits per heavy atom. The van der Waals surface area contributed by atoms with Gasteiger partial charge < -0.3 is 9.15 Å². The molecule has 2 aromatic heterocycles. The number of nitrogens with zero attached hydrogens (tertiary/aromatic N) is 2. The number of thioether (sulfide) groups is 1. The number of ether oxygens (including phenoxy) is 1. The standard InChI is InChI=1S/C17H16N2O3S/c1-2-21-15(20)10-23-17-12(9-18)16(14-7-4-8-22-14)11-5-3-6-13(11)19-17/h4,7-8H,2-3,5-6,10H2,1H3. The molecule has 118 valence electrons. The maximum absolute atomic E-state index is 11.6. The van der Waals surface area contributed by atoms with Crippen LogP contribution in [0.4, 0.5) is 0 Å². The van der Waals surface area contributed by atoms with Crippen LogP contribution in [-0.4, -0.2) is 23.3 Å². The van der Waals surface area contributed by atoms with Gasteiger partial charge in [0, 0.05) is 11.3 Å². The van der Waals surface area contributed by atoms with E-state index in [1.165, 1.54) is 11.8 Å². The molecule has 0 fully saturated rings. The van der Waals surface area contributed by atoms with E-state index in [1.54, 1.807) is 13.2 Å². The number of pyridine rings is 1. The second-order valence-electron chi connectivity index (χ2n) is 5.13. The van der Waals surface area contributed by atoms with Crippen molar-refractivity contribution >= 4 is 17.7 Å². The monoisotopic (exact) mass is 328 g/mol. The van der Waals surface area contributed by atoms with Gasteiger partial charge in [-0.3, -0.25) is 4.79 Å². The van der Waals surface area contributed by atoms with Crippen molar-refractivity contribution in [3.05, 3.63) is 35.2 Å². The van der Waals surface area contributed by atoms with Gasteiger partial charge in [0.2, 0.25) is 0 Å². The van der Waals surface area contributed by atoms with Crippen molar-refractivity contribution < 1.29 is 13.9 Å². The lowest BCUT2D eigenvalue weighted by Crippen LogP contribution is -2.08. The molecule has 23 heavy (non-hydrogen) atoms. The quantitative estimate of drug-likeness (QED) is 0.619. The predicted octanol–water partition coefficient (Wildman–Crippen LogP) is 3.36. The summed E-state index contributed by atoms with van der Waals surface area (Å²) >= 11 is 1.25. The maximum atomic E-state index is 11.6. The van der Waals surface area contributed by atoms with Crippen LogP contribution in [0.15, 0.2) is 27.8 Å². The molecular formula is C17H16N2O3S. The van der Waals surface area contributed by atoms with Crippen molar-refractivity contribution in [3.63, 3.8) is 0 Å². The zero-order chi connectivity index (χ0) is 16.2. The molecule has 0 unspecified atom stereocenters. The Bertz CT molecular complexity index is 763. The molecule has 0 radical (unpaired) electrons. The third kappa shape index (κ3) is 3.10.